The molecular weight excluding hydrogens is 264 g/mol. The first kappa shape index (κ1) is 15.8. The summed E-state index contributed by atoms with van der Waals surface area (Å²) in [5, 5.41) is 10.5. The minimum atomic E-state index is -2.11. The van der Waals surface area contributed by atoms with Crippen molar-refractivity contribution < 1.29 is 29.0 Å². The first-order valence-electron chi connectivity index (χ1n) is 5.89. The number of methoxy groups -OCH3 is 2. The number of esters is 2. The highest BCUT2D eigenvalue weighted by molar-refractivity contribution is 5.98. The van der Waals surface area contributed by atoms with Gasteiger partial charge in [-0.05, 0) is 5.56 Å². The lowest BCUT2D eigenvalue weighted by molar-refractivity contribution is -0.167. The number of benzene rings is 1. The highest BCUT2D eigenvalue weighted by atomic mass is 16.5. The van der Waals surface area contributed by atoms with Crippen molar-refractivity contribution in [2.24, 2.45) is 0 Å². The molecule has 20 heavy (non-hydrogen) atoms. The lowest BCUT2D eigenvalue weighted by atomic mass is 9.88. The highest BCUT2D eigenvalue weighted by Crippen LogP contribution is 2.27. The SMILES string of the molecule is COC(=O)CC(=O)CC(O)(C(=O)OC)c1ccccc1. The third kappa shape index (κ3) is 3.64. The fourth-order valence-corrected chi connectivity index (χ4v) is 1.76. The first-order chi connectivity index (χ1) is 9.43. The molecular formula is C14H16O6. The second-order valence-corrected chi connectivity index (χ2v) is 4.19. The lowest BCUT2D eigenvalue weighted by Gasteiger charge is -2.24. The van der Waals surface area contributed by atoms with Gasteiger partial charge in [0.25, 0.3) is 0 Å². The number of Topliss-reactive ketones (excluding diaryl/α,β-unsaturated/α-hetero) is 1. The Morgan fingerprint density at radius 1 is 1.10 bits per heavy atom. The van der Waals surface area contributed by atoms with E-state index in [9.17, 15) is 19.5 Å². The maximum absolute atomic E-state index is 11.8. The fourth-order valence-electron chi connectivity index (χ4n) is 1.76. The summed E-state index contributed by atoms with van der Waals surface area (Å²) >= 11 is 0. The summed E-state index contributed by atoms with van der Waals surface area (Å²) in [5.74, 6) is -2.30. The Labute approximate surface area is 116 Å². The van der Waals surface area contributed by atoms with Gasteiger partial charge in [0.15, 0.2) is 5.60 Å². The molecule has 0 saturated carbocycles. The molecule has 6 heteroatoms. The van der Waals surface area contributed by atoms with Gasteiger partial charge < -0.3 is 14.6 Å². The largest absolute Gasteiger partial charge is 0.469 e. The maximum atomic E-state index is 11.8. The molecule has 1 aromatic rings. The first-order valence-corrected chi connectivity index (χ1v) is 5.89. The summed E-state index contributed by atoms with van der Waals surface area (Å²) in [6.45, 7) is 0. The summed E-state index contributed by atoms with van der Waals surface area (Å²) in [4.78, 5) is 34.6. The van der Waals surface area contributed by atoms with Crippen molar-refractivity contribution in [3.8, 4) is 0 Å². The smallest absolute Gasteiger partial charge is 0.343 e. The van der Waals surface area contributed by atoms with Crippen LogP contribution in [0.5, 0.6) is 0 Å². The zero-order chi connectivity index (χ0) is 15.2. The van der Waals surface area contributed by atoms with E-state index < -0.39 is 36.2 Å². The van der Waals surface area contributed by atoms with Crippen molar-refractivity contribution in [3.63, 3.8) is 0 Å². The van der Waals surface area contributed by atoms with Gasteiger partial charge in [0.05, 0.1) is 20.6 Å². The molecule has 1 rings (SSSR count). The van der Waals surface area contributed by atoms with Crippen LogP contribution in [-0.4, -0.2) is 37.0 Å². The van der Waals surface area contributed by atoms with Crippen LogP contribution in [0, 0.1) is 0 Å². The van der Waals surface area contributed by atoms with Gasteiger partial charge in [-0.1, -0.05) is 30.3 Å². The molecule has 0 aromatic heterocycles. The maximum Gasteiger partial charge on any atom is 0.343 e. The van der Waals surface area contributed by atoms with E-state index in [4.69, 9.17) is 0 Å². The van der Waals surface area contributed by atoms with Crippen molar-refractivity contribution >= 4 is 17.7 Å². The van der Waals surface area contributed by atoms with Crippen LogP contribution in [0.3, 0.4) is 0 Å². The minimum absolute atomic E-state index is 0.227. The fraction of sp³-hybridized carbons (Fsp3) is 0.357. The number of rotatable bonds is 6. The van der Waals surface area contributed by atoms with Gasteiger partial charge in [0.2, 0.25) is 0 Å². The van der Waals surface area contributed by atoms with Crippen LogP contribution in [0.4, 0.5) is 0 Å². The molecule has 0 fully saturated rings. The molecule has 108 valence electrons. The molecule has 0 saturated heterocycles. The molecule has 6 nitrogen and oxygen atoms in total. The van der Waals surface area contributed by atoms with Gasteiger partial charge in [-0.25, -0.2) is 4.79 Å². The van der Waals surface area contributed by atoms with E-state index in [1.807, 2.05) is 0 Å². The molecule has 1 aromatic carbocycles. The topological polar surface area (TPSA) is 89.9 Å². The quantitative estimate of drug-likeness (QED) is 0.605. The predicted molar refractivity (Wildman–Crippen MR) is 68.6 cm³/mol. The molecule has 1 N–H and O–H groups in total. The second kappa shape index (κ2) is 6.81. The van der Waals surface area contributed by atoms with Crippen LogP contribution in [0.1, 0.15) is 18.4 Å². The summed E-state index contributed by atoms with van der Waals surface area (Å²) in [7, 11) is 2.26. The minimum Gasteiger partial charge on any atom is -0.469 e. The van der Waals surface area contributed by atoms with Crippen LogP contribution >= 0.6 is 0 Å². The third-order valence-corrected chi connectivity index (χ3v) is 2.80. The molecule has 0 spiro atoms. The van der Waals surface area contributed by atoms with Crippen LogP contribution in [0.25, 0.3) is 0 Å². The second-order valence-electron chi connectivity index (χ2n) is 4.19. The standard InChI is InChI=1S/C14H16O6/c1-19-12(16)8-11(15)9-14(18,13(17)20-2)10-6-4-3-5-7-10/h3-7,18H,8-9H2,1-2H3. The zero-order valence-electron chi connectivity index (χ0n) is 11.3. The van der Waals surface area contributed by atoms with E-state index in [1.165, 1.54) is 12.1 Å². The number of carbonyl (C=O) groups is 3. The van der Waals surface area contributed by atoms with E-state index >= 15 is 0 Å². The van der Waals surface area contributed by atoms with Crippen LogP contribution in [0.2, 0.25) is 0 Å². The normalized spacial score (nSPS) is 13.2. The van der Waals surface area contributed by atoms with Crippen molar-refractivity contribution in [3.05, 3.63) is 35.9 Å². The van der Waals surface area contributed by atoms with Crippen LogP contribution in [0.15, 0.2) is 30.3 Å². The Bertz CT molecular complexity index is 496. The molecule has 0 aliphatic heterocycles. The predicted octanol–water partition coefficient (Wildman–Crippen LogP) is 0.569. The lowest BCUT2D eigenvalue weighted by Crippen LogP contribution is -2.39. The van der Waals surface area contributed by atoms with Gasteiger partial charge in [0, 0.05) is 0 Å². The van der Waals surface area contributed by atoms with E-state index in [2.05, 4.69) is 9.47 Å². The zero-order valence-corrected chi connectivity index (χ0v) is 11.3. The molecule has 0 radical (unpaired) electrons. The van der Waals surface area contributed by atoms with E-state index in [1.54, 1.807) is 18.2 Å². The van der Waals surface area contributed by atoms with Crippen molar-refractivity contribution in [2.45, 2.75) is 18.4 Å². The summed E-state index contributed by atoms with van der Waals surface area (Å²) in [5.41, 5.74) is -1.88. The Morgan fingerprint density at radius 2 is 1.70 bits per heavy atom. The van der Waals surface area contributed by atoms with E-state index in [0.29, 0.717) is 0 Å². The van der Waals surface area contributed by atoms with Gasteiger partial charge >= 0.3 is 11.9 Å². The number of ether oxygens (including phenoxy) is 2. The molecule has 1 unspecified atom stereocenters. The average molecular weight is 280 g/mol. The Balaban J connectivity index is 2.99. The van der Waals surface area contributed by atoms with Crippen LogP contribution < -0.4 is 0 Å². The van der Waals surface area contributed by atoms with Crippen LogP contribution in [-0.2, 0) is 29.5 Å². The Hall–Kier alpha value is -2.21. The van der Waals surface area contributed by atoms with Gasteiger partial charge in [-0.15, -0.1) is 0 Å². The van der Waals surface area contributed by atoms with E-state index in [-0.39, 0.29) is 5.56 Å². The number of aliphatic hydroxyl groups is 1. The highest BCUT2D eigenvalue weighted by Gasteiger charge is 2.41. The van der Waals surface area contributed by atoms with Gasteiger partial charge in [-0.3, -0.25) is 9.59 Å². The van der Waals surface area contributed by atoms with E-state index in [0.717, 1.165) is 14.2 Å². The molecule has 0 amide bonds. The number of hydrogen-bond acceptors (Lipinski definition) is 6. The monoisotopic (exact) mass is 280 g/mol. The molecule has 0 bridgehead atoms. The van der Waals surface area contributed by atoms with Gasteiger partial charge in [-0.2, -0.15) is 0 Å². The number of carbonyl (C=O) groups excluding carboxylic acids is 3. The van der Waals surface area contributed by atoms with Crippen molar-refractivity contribution in [1.29, 1.82) is 0 Å². The summed E-state index contributed by atoms with van der Waals surface area (Å²) in [6, 6.07) is 7.95. The molecule has 1 atom stereocenters. The third-order valence-electron chi connectivity index (χ3n) is 2.80. The van der Waals surface area contributed by atoms with Gasteiger partial charge in [0.1, 0.15) is 12.2 Å². The molecule has 0 aliphatic rings. The molecule has 0 heterocycles. The van der Waals surface area contributed by atoms with Crippen molar-refractivity contribution in [2.75, 3.05) is 14.2 Å². The molecule has 0 aliphatic carbocycles. The Morgan fingerprint density at radius 3 is 2.20 bits per heavy atom. The number of hydrogen-bond donors (Lipinski definition) is 1. The average Bonchev–Trinajstić information content (AvgIpc) is 2.46. The Kier molecular flexibility index (Phi) is 5.40. The number of ketones is 1. The summed E-state index contributed by atoms with van der Waals surface area (Å²) < 4.78 is 8.91. The summed E-state index contributed by atoms with van der Waals surface area (Å²) in [6.07, 6.45) is -1.07. The van der Waals surface area contributed by atoms with Crippen molar-refractivity contribution in [1.82, 2.24) is 0 Å².